The van der Waals surface area contributed by atoms with Crippen molar-refractivity contribution in [1.82, 2.24) is 29.2 Å². The van der Waals surface area contributed by atoms with Crippen molar-refractivity contribution in [2.75, 3.05) is 19.6 Å². The molecule has 0 saturated carbocycles. The van der Waals surface area contributed by atoms with E-state index in [0.717, 1.165) is 16.5 Å². The summed E-state index contributed by atoms with van der Waals surface area (Å²) in [5, 5.41) is 4.73. The molecule has 4 heterocycles. The Morgan fingerprint density at radius 1 is 1.23 bits per heavy atom. The second-order valence-corrected chi connectivity index (χ2v) is 7.10. The first kappa shape index (κ1) is 16.8. The summed E-state index contributed by atoms with van der Waals surface area (Å²) in [6.07, 6.45) is 6.57. The molecule has 0 spiro atoms. The molecule has 26 heavy (non-hydrogen) atoms. The molecule has 3 aromatic heterocycles. The monoisotopic (exact) mass is 372 g/mol. The number of nitrogens with one attached hydrogen (secondary N) is 1. The van der Waals surface area contributed by atoms with E-state index in [9.17, 15) is 9.59 Å². The van der Waals surface area contributed by atoms with Gasteiger partial charge >= 0.3 is 0 Å². The van der Waals surface area contributed by atoms with Crippen LogP contribution in [-0.2, 0) is 24.2 Å². The van der Waals surface area contributed by atoms with Crippen molar-refractivity contribution in [1.29, 1.82) is 0 Å². The Kier molecular flexibility index (Phi) is 4.46. The van der Waals surface area contributed by atoms with E-state index in [1.165, 1.54) is 0 Å². The summed E-state index contributed by atoms with van der Waals surface area (Å²) in [6.45, 7) is 4.32. The number of aromatic nitrogens is 4. The van der Waals surface area contributed by atoms with Crippen molar-refractivity contribution in [3.63, 3.8) is 0 Å². The smallest absolute Gasteiger partial charge is 0.271 e. The van der Waals surface area contributed by atoms with Crippen LogP contribution in [-0.4, -0.2) is 55.3 Å². The van der Waals surface area contributed by atoms with Crippen molar-refractivity contribution in [3.05, 3.63) is 41.2 Å². The molecule has 0 aliphatic carbocycles. The minimum Gasteiger partial charge on any atom is -0.351 e. The van der Waals surface area contributed by atoms with Gasteiger partial charge in [-0.25, -0.2) is 9.97 Å². The number of hydrogen-bond acceptors (Lipinski definition) is 5. The number of nitrogens with zero attached hydrogens (tertiary/aromatic N) is 5. The first-order chi connectivity index (χ1) is 12.6. The number of carbonyl (C=O) groups excluding carboxylic acids is 2. The van der Waals surface area contributed by atoms with E-state index < -0.39 is 0 Å². The number of imidazole rings is 2. The van der Waals surface area contributed by atoms with Crippen LogP contribution in [0.1, 0.15) is 28.9 Å². The van der Waals surface area contributed by atoms with Gasteiger partial charge in [-0.05, 0) is 6.92 Å². The number of fused-ring (bicyclic) bond motifs is 2. The van der Waals surface area contributed by atoms with Gasteiger partial charge in [-0.1, -0.05) is 0 Å². The lowest BCUT2D eigenvalue weighted by atomic mass is 10.2. The Hall–Kier alpha value is -2.68. The summed E-state index contributed by atoms with van der Waals surface area (Å²) in [7, 11) is 0. The van der Waals surface area contributed by atoms with Crippen LogP contribution < -0.4 is 5.32 Å². The zero-order valence-electron chi connectivity index (χ0n) is 14.5. The first-order valence-electron chi connectivity index (χ1n) is 8.67. The van der Waals surface area contributed by atoms with E-state index in [0.29, 0.717) is 44.7 Å². The highest BCUT2D eigenvalue weighted by atomic mass is 32.1. The van der Waals surface area contributed by atoms with Crippen LogP contribution in [0.5, 0.6) is 0 Å². The Balaban J connectivity index is 1.40. The summed E-state index contributed by atoms with van der Waals surface area (Å²) in [5.41, 5.74) is 1.24. The maximum Gasteiger partial charge on any atom is 0.271 e. The third kappa shape index (κ3) is 3.22. The molecule has 1 N–H and O–H groups in total. The first-order valence-corrected chi connectivity index (χ1v) is 9.55. The summed E-state index contributed by atoms with van der Waals surface area (Å²) >= 11 is 1.56. The molecule has 1 aliphatic heterocycles. The summed E-state index contributed by atoms with van der Waals surface area (Å²) in [6, 6.07) is 0. The number of hydrogen-bond donors (Lipinski definition) is 1. The Morgan fingerprint density at radius 3 is 2.92 bits per heavy atom. The van der Waals surface area contributed by atoms with Gasteiger partial charge in [0.2, 0.25) is 5.91 Å². The topological polar surface area (TPSA) is 84.5 Å². The predicted octanol–water partition coefficient (Wildman–Crippen LogP) is 0.969. The van der Waals surface area contributed by atoms with Crippen molar-refractivity contribution < 1.29 is 9.59 Å². The Labute approximate surface area is 154 Å². The quantitative estimate of drug-likeness (QED) is 0.740. The molecule has 8 nitrogen and oxygen atoms in total. The zero-order chi connectivity index (χ0) is 18.1. The predicted molar refractivity (Wildman–Crippen MR) is 97.3 cm³/mol. The molecule has 4 rings (SSSR count). The van der Waals surface area contributed by atoms with Crippen molar-refractivity contribution in [2.24, 2.45) is 0 Å². The average Bonchev–Trinajstić information content (AvgIpc) is 3.27. The molecule has 0 aromatic carbocycles. The van der Waals surface area contributed by atoms with E-state index in [1.807, 2.05) is 38.6 Å². The van der Waals surface area contributed by atoms with Crippen LogP contribution in [0, 0.1) is 0 Å². The number of amides is 2. The van der Waals surface area contributed by atoms with E-state index >= 15 is 0 Å². The fourth-order valence-electron chi connectivity index (χ4n) is 3.16. The lowest BCUT2D eigenvalue weighted by Gasteiger charge is -2.19. The largest absolute Gasteiger partial charge is 0.351 e. The highest BCUT2D eigenvalue weighted by Gasteiger charge is 2.22. The van der Waals surface area contributed by atoms with Crippen molar-refractivity contribution >= 4 is 28.1 Å². The minimum atomic E-state index is -0.152. The van der Waals surface area contributed by atoms with Crippen LogP contribution in [0.4, 0.5) is 0 Å². The minimum absolute atomic E-state index is 0.0745. The third-order valence-electron chi connectivity index (χ3n) is 4.47. The standard InChI is InChI=1S/C17H20N6O2S/c1-2-18-16(25)13-11-22-6-5-21(4-3-14(22)20-13)15(24)9-12-10-23-7-8-26-17(23)19-12/h7-8,10-11H,2-6,9H2,1H3,(H,18,25). The van der Waals surface area contributed by atoms with Gasteiger partial charge in [-0.15, -0.1) is 11.3 Å². The van der Waals surface area contributed by atoms with Gasteiger partial charge in [0.1, 0.15) is 11.5 Å². The van der Waals surface area contributed by atoms with Gasteiger partial charge < -0.3 is 14.8 Å². The van der Waals surface area contributed by atoms with Crippen molar-refractivity contribution in [2.45, 2.75) is 26.3 Å². The second kappa shape index (κ2) is 6.91. The van der Waals surface area contributed by atoms with Gasteiger partial charge in [-0.2, -0.15) is 0 Å². The van der Waals surface area contributed by atoms with Crippen LogP contribution in [0.15, 0.2) is 24.0 Å². The number of rotatable bonds is 4. The number of carbonyl (C=O) groups is 2. The molecule has 0 radical (unpaired) electrons. The number of thiazole rings is 1. The Morgan fingerprint density at radius 2 is 2.12 bits per heavy atom. The summed E-state index contributed by atoms with van der Waals surface area (Å²) in [4.78, 5) is 36.2. The molecule has 2 amide bonds. The molecular weight excluding hydrogens is 352 g/mol. The van der Waals surface area contributed by atoms with Gasteiger partial charge in [0.15, 0.2) is 4.96 Å². The van der Waals surface area contributed by atoms with Gasteiger partial charge in [0, 0.05) is 56.6 Å². The fraction of sp³-hybridized carbons (Fsp3) is 0.412. The molecule has 0 atom stereocenters. The second-order valence-electron chi connectivity index (χ2n) is 6.23. The summed E-state index contributed by atoms with van der Waals surface area (Å²) < 4.78 is 3.92. The molecule has 3 aromatic rings. The zero-order valence-corrected chi connectivity index (χ0v) is 15.3. The molecule has 0 bridgehead atoms. The lowest BCUT2D eigenvalue weighted by molar-refractivity contribution is -0.130. The molecular formula is C17H20N6O2S. The Bertz CT molecular complexity index is 902. The molecule has 1 aliphatic rings. The maximum absolute atomic E-state index is 12.6. The molecule has 0 unspecified atom stereocenters. The van der Waals surface area contributed by atoms with E-state index in [2.05, 4.69) is 15.3 Å². The van der Waals surface area contributed by atoms with Gasteiger partial charge in [0.25, 0.3) is 5.91 Å². The highest BCUT2D eigenvalue weighted by Crippen LogP contribution is 2.14. The summed E-state index contributed by atoms with van der Waals surface area (Å²) in [5.74, 6) is 0.773. The van der Waals surface area contributed by atoms with Crippen LogP contribution in [0.25, 0.3) is 4.96 Å². The normalized spacial score (nSPS) is 14.3. The molecule has 0 saturated heterocycles. The average molecular weight is 372 g/mol. The SMILES string of the molecule is CCNC(=O)c1cn2c(n1)CCN(C(=O)Cc1cn3ccsc3n1)CC2. The lowest BCUT2D eigenvalue weighted by Crippen LogP contribution is -2.35. The van der Waals surface area contributed by atoms with Crippen LogP contribution in [0.2, 0.25) is 0 Å². The molecule has 0 fully saturated rings. The third-order valence-corrected chi connectivity index (χ3v) is 5.24. The van der Waals surface area contributed by atoms with Crippen LogP contribution >= 0.6 is 11.3 Å². The van der Waals surface area contributed by atoms with E-state index in [1.54, 1.807) is 17.5 Å². The van der Waals surface area contributed by atoms with E-state index in [-0.39, 0.29) is 11.8 Å². The molecule has 136 valence electrons. The highest BCUT2D eigenvalue weighted by molar-refractivity contribution is 7.15. The van der Waals surface area contributed by atoms with Gasteiger partial charge in [-0.3, -0.25) is 14.0 Å². The molecule has 9 heteroatoms. The van der Waals surface area contributed by atoms with Crippen molar-refractivity contribution in [3.8, 4) is 0 Å². The van der Waals surface area contributed by atoms with Gasteiger partial charge in [0.05, 0.1) is 12.1 Å². The van der Waals surface area contributed by atoms with Crippen LogP contribution in [0.3, 0.4) is 0 Å². The fourth-order valence-corrected chi connectivity index (χ4v) is 3.88. The van der Waals surface area contributed by atoms with E-state index in [4.69, 9.17) is 0 Å². The maximum atomic E-state index is 12.6.